The third-order valence-electron chi connectivity index (χ3n) is 3.65. The van der Waals surface area contributed by atoms with Crippen molar-refractivity contribution in [2.24, 2.45) is 5.10 Å². The van der Waals surface area contributed by atoms with E-state index < -0.39 is 0 Å². The molecule has 1 unspecified atom stereocenters. The van der Waals surface area contributed by atoms with E-state index in [1.165, 1.54) is 12.1 Å². The van der Waals surface area contributed by atoms with Gasteiger partial charge in [0.05, 0.1) is 15.8 Å². The molecule has 22 heavy (non-hydrogen) atoms. The Morgan fingerprint density at radius 2 is 1.82 bits per heavy atom. The number of quaternary nitrogens is 1. The van der Waals surface area contributed by atoms with Crippen LogP contribution in [0, 0.1) is 5.82 Å². The monoisotopic (exact) mass is 335 g/mol. The molecule has 0 bridgehead atoms. The second kappa shape index (κ2) is 5.51. The van der Waals surface area contributed by atoms with Crippen molar-refractivity contribution < 1.29 is 4.39 Å². The minimum absolute atomic E-state index is 0.238. The summed E-state index contributed by atoms with van der Waals surface area (Å²) in [6, 6.07) is 9.97. The highest BCUT2D eigenvalue weighted by atomic mass is 35.5. The first-order chi connectivity index (χ1) is 10.4. The molecular formula is C17H14Cl2FN2+. The highest BCUT2D eigenvalue weighted by Gasteiger charge is 2.30. The maximum absolute atomic E-state index is 13.8. The van der Waals surface area contributed by atoms with E-state index in [0.717, 1.165) is 22.5 Å². The molecule has 0 N–H and O–H groups in total. The van der Waals surface area contributed by atoms with Gasteiger partial charge in [-0.15, -0.1) is 4.59 Å². The van der Waals surface area contributed by atoms with Crippen LogP contribution in [-0.2, 0) is 0 Å². The van der Waals surface area contributed by atoms with Crippen LogP contribution < -0.4 is 4.59 Å². The average Bonchev–Trinajstić information content (AvgIpc) is 2.82. The van der Waals surface area contributed by atoms with Crippen LogP contribution in [0.2, 0.25) is 10.0 Å². The van der Waals surface area contributed by atoms with E-state index in [0.29, 0.717) is 10.0 Å². The lowest BCUT2D eigenvalue weighted by Gasteiger charge is -2.23. The number of benzene rings is 2. The SMILES string of the molecule is CC1=N[N+](C)(c2ccc(F)cc2-c2ccc(Cl)c(Cl)c2)C=C1. The van der Waals surface area contributed by atoms with Gasteiger partial charge in [0.1, 0.15) is 19.1 Å². The van der Waals surface area contributed by atoms with Crippen molar-refractivity contribution in [3.63, 3.8) is 0 Å². The lowest BCUT2D eigenvalue weighted by Crippen LogP contribution is -2.31. The molecule has 5 heteroatoms. The van der Waals surface area contributed by atoms with E-state index in [9.17, 15) is 4.39 Å². The number of nitrogens with zero attached hydrogens (tertiary/aromatic N) is 2. The quantitative estimate of drug-likeness (QED) is 0.629. The zero-order valence-electron chi connectivity index (χ0n) is 12.1. The van der Waals surface area contributed by atoms with Crippen LogP contribution in [0.5, 0.6) is 0 Å². The molecule has 1 heterocycles. The van der Waals surface area contributed by atoms with Crippen molar-refractivity contribution in [1.29, 1.82) is 0 Å². The van der Waals surface area contributed by atoms with Gasteiger partial charge < -0.3 is 0 Å². The van der Waals surface area contributed by atoms with Gasteiger partial charge in [-0.05, 0) is 36.8 Å². The van der Waals surface area contributed by atoms with Crippen molar-refractivity contribution in [2.75, 3.05) is 7.05 Å². The maximum atomic E-state index is 13.8. The maximum Gasteiger partial charge on any atom is 0.171 e. The molecule has 3 rings (SSSR count). The normalized spacial score (nSPS) is 20.3. The molecule has 0 fully saturated rings. The van der Waals surface area contributed by atoms with Crippen molar-refractivity contribution in [2.45, 2.75) is 6.92 Å². The van der Waals surface area contributed by atoms with Crippen molar-refractivity contribution >= 4 is 34.6 Å². The molecule has 0 aliphatic carbocycles. The van der Waals surface area contributed by atoms with Crippen LogP contribution in [-0.4, -0.2) is 12.8 Å². The first-order valence-corrected chi connectivity index (χ1v) is 7.52. The van der Waals surface area contributed by atoms with Crippen LogP contribution in [0.25, 0.3) is 11.1 Å². The summed E-state index contributed by atoms with van der Waals surface area (Å²) >= 11 is 12.1. The Morgan fingerprint density at radius 3 is 2.45 bits per heavy atom. The summed E-state index contributed by atoms with van der Waals surface area (Å²) in [4.78, 5) is 0. The van der Waals surface area contributed by atoms with Crippen molar-refractivity contribution in [3.8, 4) is 11.1 Å². The standard InChI is InChI=1S/C17H14Cl2FN2/c1-11-7-8-22(2,21-11)17-6-4-13(20)10-14(17)12-3-5-15(18)16(19)9-12/h3-10H,1-2H3/q+1. The molecule has 0 spiro atoms. The Kier molecular flexibility index (Phi) is 3.81. The third-order valence-corrected chi connectivity index (χ3v) is 4.39. The second-order valence-electron chi connectivity index (χ2n) is 5.37. The summed E-state index contributed by atoms with van der Waals surface area (Å²) in [6.07, 6.45) is 3.91. The Morgan fingerprint density at radius 1 is 1.05 bits per heavy atom. The van der Waals surface area contributed by atoms with Gasteiger partial charge in [-0.2, -0.15) is 0 Å². The van der Waals surface area contributed by atoms with Gasteiger partial charge in [-0.1, -0.05) is 34.4 Å². The smallest absolute Gasteiger partial charge is 0.171 e. The van der Waals surface area contributed by atoms with Crippen molar-refractivity contribution in [3.05, 3.63) is 64.5 Å². The topological polar surface area (TPSA) is 12.4 Å². The number of hydrogen-bond donors (Lipinski definition) is 0. The highest BCUT2D eigenvalue weighted by Crippen LogP contribution is 2.39. The first kappa shape index (κ1) is 15.2. The summed E-state index contributed by atoms with van der Waals surface area (Å²) in [5, 5.41) is 5.52. The second-order valence-corrected chi connectivity index (χ2v) is 6.19. The van der Waals surface area contributed by atoms with Crippen LogP contribution in [0.15, 0.2) is 53.8 Å². The lowest BCUT2D eigenvalue weighted by atomic mass is 10.0. The first-order valence-electron chi connectivity index (χ1n) is 6.77. The third kappa shape index (κ3) is 2.68. The molecule has 1 atom stereocenters. The molecule has 112 valence electrons. The van der Waals surface area contributed by atoms with E-state index >= 15 is 0 Å². The number of halogens is 3. The van der Waals surface area contributed by atoms with Crippen LogP contribution in [0.1, 0.15) is 6.92 Å². The van der Waals surface area contributed by atoms with Gasteiger partial charge in [0.25, 0.3) is 0 Å². The average molecular weight is 336 g/mol. The molecule has 2 nitrogen and oxygen atoms in total. The fourth-order valence-electron chi connectivity index (χ4n) is 2.58. The summed E-state index contributed by atoms with van der Waals surface area (Å²) in [6.45, 7) is 1.93. The lowest BCUT2D eigenvalue weighted by molar-refractivity contribution is 0.483. The Labute approximate surface area is 138 Å². The van der Waals surface area contributed by atoms with Crippen molar-refractivity contribution in [1.82, 2.24) is 4.59 Å². The molecule has 2 aromatic carbocycles. The summed E-state index contributed by atoms with van der Waals surface area (Å²) < 4.78 is 14.0. The Bertz CT molecular complexity index is 814. The van der Waals surface area contributed by atoms with Gasteiger partial charge in [0, 0.05) is 17.7 Å². The predicted octanol–water partition coefficient (Wildman–Crippen LogP) is 5.64. The van der Waals surface area contributed by atoms with E-state index in [-0.39, 0.29) is 10.4 Å². The van der Waals surface area contributed by atoms with Crippen LogP contribution in [0.4, 0.5) is 10.1 Å². The molecular weight excluding hydrogens is 322 g/mol. The van der Waals surface area contributed by atoms with E-state index in [1.54, 1.807) is 18.2 Å². The van der Waals surface area contributed by atoms with Gasteiger partial charge in [-0.3, -0.25) is 0 Å². The van der Waals surface area contributed by atoms with Crippen LogP contribution in [0.3, 0.4) is 0 Å². The Balaban J connectivity index is 2.21. The predicted molar refractivity (Wildman–Crippen MR) is 91.8 cm³/mol. The Hall–Kier alpha value is -1.68. The fourth-order valence-corrected chi connectivity index (χ4v) is 2.88. The van der Waals surface area contributed by atoms with Gasteiger partial charge >= 0.3 is 0 Å². The zero-order valence-corrected chi connectivity index (χ0v) is 13.7. The molecule has 0 radical (unpaired) electrons. The zero-order chi connectivity index (χ0) is 15.9. The fraction of sp³-hybridized carbons (Fsp3) is 0.118. The largest absolute Gasteiger partial charge is 0.207 e. The highest BCUT2D eigenvalue weighted by molar-refractivity contribution is 6.42. The number of allylic oxidation sites excluding steroid dienone is 1. The van der Waals surface area contributed by atoms with Gasteiger partial charge in [0.2, 0.25) is 0 Å². The molecule has 0 saturated heterocycles. The molecule has 1 aliphatic heterocycles. The summed E-state index contributed by atoms with van der Waals surface area (Å²) in [7, 11) is 1.95. The van der Waals surface area contributed by atoms with Crippen LogP contribution >= 0.6 is 23.2 Å². The molecule has 0 amide bonds. The molecule has 2 aromatic rings. The van der Waals surface area contributed by atoms with E-state index in [2.05, 4.69) is 5.10 Å². The molecule has 0 saturated carbocycles. The van der Waals surface area contributed by atoms with Gasteiger partial charge in [0.15, 0.2) is 5.69 Å². The van der Waals surface area contributed by atoms with E-state index in [1.807, 2.05) is 32.3 Å². The molecule has 1 aliphatic rings. The van der Waals surface area contributed by atoms with E-state index in [4.69, 9.17) is 23.2 Å². The summed E-state index contributed by atoms with van der Waals surface area (Å²) in [5.74, 6) is -0.305. The summed E-state index contributed by atoms with van der Waals surface area (Å²) in [5.41, 5.74) is 3.33. The van der Waals surface area contributed by atoms with Gasteiger partial charge in [-0.25, -0.2) is 4.39 Å². The number of hydrogen-bond acceptors (Lipinski definition) is 1. The minimum atomic E-state index is -0.305. The number of rotatable bonds is 2. The minimum Gasteiger partial charge on any atom is -0.207 e. The molecule has 0 aromatic heterocycles.